The Morgan fingerprint density at radius 3 is 2.31 bits per heavy atom. The molecule has 1 saturated heterocycles. The molecule has 0 spiro atoms. The van der Waals surface area contributed by atoms with Crippen LogP contribution in [0.3, 0.4) is 0 Å². The Morgan fingerprint density at radius 2 is 1.77 bits per heavy atom. The van der Waals surface area contributed by atoms with E-state index in [0.717, 1.165) is 18.2 Å². The monoisotopic (exact) mass is 394 g/mol. The van der Waals surface area contributed by atoms with Crippen molar-refractivity contribution >= 4 is 10.0 Å². The molecule has 1 aliphatic heterocycles. The summed E-state index contributed by atoms with van der Waals surface area (Å²) in [5.41, 5.74) is -1.50. The number of nitrogens with one attached hydrogen (secondary N) is 1. The average Bonchev–Trinajstić information content (AvgIpc) is 2.52. The van der Waals surface area contributed by atoms with E-state index in [1.54, 1.807) is 0 Å². The molecule has 1 aromatic carbocycles. The molecule has 0 aliphatic carbocycles. The third-order valence-electron chi connectivity index (χ3n) is 4.44. The minimum Gasteiger partial charge on any atom is -0.373 e. The van der Waals surface area contributed by atoms with E-state index >= 15 is 0 Å². The number of morpholine rings is 1. The van der Waals surface area contributed by atoms with Gasteiger partial charge < -0.3 is 4.74 Å². The largest absolute Gasteiger partial charge is 0.416 e. The normalized spacial score (nSPS) is 23.2. The minimum absolute atomic E-state index is 0.0260. The summed E-state index contributed by atoms with van der Waals surface area (Å²) in [5, 5.41) is 0. The molecule has 26 heavy (non-hydrogen) atoms. The highest BCUT2D eigenvalue weighted by Gasteiger charge is 2.35. The summed E-state index contributed by atoms with van der Waals surface area (Å²) in [4.78, 5) is 1.73. The topological polar surface area (TPSA) is 58.6 Å². The van der Waals surface area contributed by atoms with Gasteiger partial charge in [-0.2, -0.15) is 13.2 Å². The lowest BCUT2D eigenvalue weighted by molar-refractivity contribution is -0.137. The molecular weight excluding hydrogens is 369 g/mol. The molecule has 148 valence electrons. The first-order valence-corrected chi connectivity index (χ1v) is 9.87. The molecule has 1 aromatic rings. The first-order chi connectivity index (χ1) is 11.8. The van der Waals surface area contributed by atoms with Crippen molar-refractivity contribution in [2.75, 3.05) is 19.6 Å². The number of sulfonamides is 1. The summed E-state index contributed by atoms with van der Waals surface area (Å²) < 4.78 is 71.5. The van der Waals surface area contributed by atoms with Crippen molar-refractivity contribution in [1.82, 2.24) is 9.62 Å². The van der Waals surface area contributed by atoms with Crippen molar-refractivity contribution in [3.05, 3.63) is 29.8 Å². The molecule has 1 fully saturated rings. The molecule has 0 aromatic heterocycles. The number of alkyl halides is 3. The quantitative estimate of drug-likeness (QED) is 0.834. The van der Waals surface area contributed by atoms with Crippen molar-refractivity contribution in [1.29, 1.82) is 0 Å². The number of ether oxygens (including phenoxy) is 1. The van der Waals surface area contributed by atoms with Crippen LogP contribution in [0.2, 0.25) is 0 Å². The number of benzene rings is 1. The fraction of sp³-hybridized carbons (Fsp3) is 0.647. The highest BCUT2D eigenvalue weighted by molar-refractivity contribution is 7.89. The Morgan fingerprint density at radius 1 is 1.19 bits per heavy atom. The van der Waals surface area contributed by atoms with Crippen LogP contribution < -0.4 is 4.72 Å². The van der Waals surface area contributed by atoms with Gasteiger partial charge in [-0.25, -0.2) is 13.1 Å². The molecule has 0 radical (unpaired) electrons. The van der Waals surface area contributed by atoms with Crippen molar-refractivity contribution in [3.8, 4) is 0 Å². The summed E-state index contributed by atoms with van der Waals surface area (Å²) in [6.07, 6.45) is -4.54. The van der Waals surface area contributed by atoms with Crippen LogP contribution in [0, 0.1) is 0 Å². The van der Waals surface area contributed by atoms with E-state index in [1.165, 1.54) is 0 Å². The molecule has 0 amide bonds. The maximum Gasteiger partial charge on any atom is 0.416 e. The van der Waals surface area contributed by atoms with Crippen molar-refractivity contribution in [2.24, 2.45) is 0 Å². The molecule has 0 unspecified atom stereocenters. The van der Waals surface area contributed by atoms with Gasteiger partial charge in [0.15, 0.2) is 0 Å². The zero-order valence-electron chi connectivity index (χ0n) is 15.3. The van der Waals surface area contributed by atoms with Crippen LogP contribution in [0.4, 0.5) is 13.2 Å². The Hall–Kier alpha value is -1.16. The highest BCUT2D eigenvalue weighted by Crippen LogP contribution is 2.30. The van der Waals surface area contributed by atoms with Crippen LogP contribution in [0.15, 0.2) is 29.2 Å². The van der Waals surface area contributed by atoms with Crippen molar-refractivity contribution in [2.45, 2.75) is 56.5 Å². The summed E-state index contributed by atoms with van der Waals surface area (Å²) in [6, 6.07) is 3.74. The smallest absolute Gasteiger partial charge is 0.373 e. The van der Waals surface area contributed by atoms with Crippen LogP contribution in [-0.2, 0) is 20.9 Å². The summed E-state index contributed by atoms with van der Waals surface area (Å²) in [7, 11) is -4.05. The van der Waals surface area contributed by atoms with Gasteiger partial charge in [0.25, 0.3) is 0 Å². The van der Waals surface area contributed by atoms with E-state index < -0.39 is 32.2 Å². The molecule has 1 N–H and O–H groups in total. The predicted octanol–water partition coefficient (Wildman–Crippen LogP) is 2.87. The van der Waals surface area contributed by atoms with E-state index in [4.69, 9.17) is 4.74 Å². The van der Waals surface area contributed by atoms with Crippen LogP contribution in [0.5, 0.6) is 0 Å². The summed E-state index contributed by atoms with van der Waals surface area (Å²) >= 11 is 0. The summed E-state index contributed by atoms with van der Waals surface area (Å²) in [6.45, 7) is 9.08. The maximum absolute atomic E-state index is 12.8. The van der Waals surface area contributed by atoms with E-state index in [9.17, 15) is 21.6 Å². The Kier molecular flexibility index (Phi) is 6.06. The van der Waals surface area contributed by atoms with E-state index in [2.05, 4.69) is 9.62 Å². The molecule has 2 atom stereocenters. The van der Waals surface area contributed by atoms with Crippen molar-refractivity contribution < 1.29 is 26.3 Å². The minimum atomic E-state index is -4.59. The van der Waals surface area contributed by atoms with Crippen LogP contribution >= 0.6 is 0 Å². The van der Waals surface area contributed by atoms with Gasteiger partial charge in [-0.3, -0.25) is 4.90 Å². The fourth-order valence-corrected chi connectivity index (χ4v) is 4.23. The lowest BCUT2D eigenvalue weighted by atomic mass is 10.0. The molecule has 9 heteroatoms. The van der Waals surface area contributed by atoms with E-state index in [0.29, 0.717) is 19.2 Å². The van der Waals surface area contributed by atoms with Crippen LogP contribution in [-0.4, -0.2) is 50.7 Å². The first kappa shape index (κ1) is 21.1. The third-order valence-corrected chi connectivity index (χ3v) is 5.84. The van der Waals surface area contributed by atoms with Gasteiger partial charge in [0.05, 0.1) is 22.7 Å². The van der Waals surface area contributed by atoms with Gasteiger partial charge in [-0.15, -0.1) is 0 Å². The standard InChI is InChI=1S/C17H25F3N2O3S/c1-12-9-22(10-13(2)25-12)16(3,4)11-21-26(23,24)15-7-5-6-14(8-15)17(18,19)20/h5-8,12-13,21H,9-11H2,1-4H3/t12-,13-/m0/s1. The van der Waals surface area contributed by atoms with Crippen LogP contribution in [0.25, 0.3) is 0 Å². The Balaban J connectivity index is 2.12. The number of hydrogen-bond acceptors (Lipinski definition) is 4. The number of rotatable bonds is 5. The molecule has 1 aliphatic rings. The third kappa shape index (κ3) is 5.18. The first-order valence-electron chi connectivity index (χ1n) is 8.39. The van der Waals surface area contributed by atoms with E-state index in [-0.39, 0.29) is 18.8 Å². The van der Waals surface area contributed by atoms with Gasteiger partial charge >= 0.3 is 6.18 Å². The zero-order valence-corrected chi connectivity index (χ0v) is 16.1. The van der Waals surface area contributed by atoms with Gasteiger partial charge in [-0.1, -0.05) is 6.07 Å². The number of hydrogen-bond donors (Lipinski definition) is 1. The molecule has 2 rings (SSSR count). The van der Waals surface area contributed by atoms with Crippen molar-refractivity contribution in [3.63, 3.8) is 0 Å². The highest BCUT2D eigenvalue weighted by atomic mass is 32.2. The predicted molar refractivity (Wildman–Crippen MR) is 92.3 cm³/mol. The zero-order chi connectivity index (χ0) is 19.8. The molecule has 5 nitrogen and oxygen atoms in total. The lowest BCUT2D eigenvalue weighted by Crippen LogP contribution is -2.58. The number of nitrogens with zero attached hydrogens (tertiary/aromatic N) is 1. The molecule has 1 heterocycles. The van der Waals surface area contributed by atoms with Gasteiger partial charge in [0.2, 0.25) is 10.0 Å². The van der Waals surface area contributed by atoms with E-state index in [1.807, 2.05) is 27.7 Å². The Labute approximate surface area is 152 Å². The summed E-state index contributed by atoms with van der Waals surface area (Å²) in [5.74, 6) is 0. The second-order valence-corrected chi connectivity index (χ2v) is 9.09. The second-order valence-electron chi connectivity index (χ2n) is 7.32. The van der Waals surface area contributed by atoms with Gasteiger partial charge in [-0.05, 0) is 45.9 Å². The SMILES string of the molecule is C[C@H]1CN(C(C)(C)CNS(=O)(=O)c2cccc(C(F)(F)F)c2)C[C@H](C)O1. The second kappa shape index (κ2) is 7.46. The fourth-order valence-electron chi connectivity index (χ4n) is 2.98. The maximum atomic E-state index is 12.8. The lowest BCUT2D eigenvalue weighted by Gasteiger charge is -2.45. The van der Waals surface area contributed by atoms with Gasteiger partial charge in [0.1, 0.15) is 0 Å². The molecule has 0 bridgehead atoms. The van der Waals surface area contributed by atoms with Crippen LogP contribution in [0.1, 0.15) is 33.3 Å². The number of halogens is 3. The van der Waals surface area contributed by atoms with Gasteiger partial charge in [0, 0.05) is 25.2 Å². The average molecular weight is 394 g/mol. The molecule has 0 saturated carbocycles. The Bertz CT molecular complexity index is 725. The molecular formula is C17H25F3N2O3S.